The fourth-order valence-corrected chi connectivity index (χ4v) is 1.93. The van der Waals surface area contributed by atoms with E-state index in [1.54, 1.807) is 0 Å². The first kappa shape index (κ1) is 11.9. The van der Waals surface area contributed by atoms with Crippen LogP contribution in [0, 0.1) is 6.92 Å². The third-order valence-electron chi connectivity index (χ3n) is 2.99. The van der Waals surface area contributed by atoms with Gasteiger partial charge >= 0.3 is 0 Å². The van der Waals surface area contributed by atoms with Crippen LogP contribution in [0.5, 0.6) is 0 Å². The third-order valence-corrected chi connectivity index (χ3v) is 2.99. The van der Waals surface area contributed by atoms with Gasteiger partial charge in [-0.05, 0) is 26.0 Å². The summed E-state index contributed by atoms with van der Waals surface area (Å²) in [6.07, 6.45) is 4.87. The number of imidazole rings is 1. The average molecular weight is 229 g/mol. The molecule has 2 aromatic rings. The Morgan fingerprint density at radius 1 is 1.29 bits per heavy atom. The van der Waals surface area contributed by atoms with Crippen LogP contribution >= 0.6 is 0 Å². The lowest BCUT2D eigenvalue weighted by atomic mass is 10.0. The number of rotatable bonds is 4. The highest BCUT2D eigenvalue weighted by molar-refractivity contribution is 5.23. The third kappa shape index (κ3) is 2.94. The minimum Gasteiger partial charge on any atom is -0.340 e. The van der Waals surface area contributed by atoms with Crippen LogP contribution in [0.3, 0.4) is 0 Å². The monoisotopic (exact) mass is 229 g/mol. The molecule has 0 fully saturated rings. The predicted octanol–water partition coefficient (Wildman–Crippen LogP) is 2.23. The molecular weight excluding hydrogens is 210 g/mol. The van der Waals surface area contributed by atoms with Crippen LogP contribution in [0.15, 0.2) is 36.8 Å². The first-order valence-electron chi connectivity index (χ1n) is 5.89. The van der Waals surface area contributed by atoms with Gasteiger partial charge in [-0.2, -0.15) is 0 Å². The highest BCUT2D eigenvalue weighted by Gasteiger charge is 2.12. The Kier molecular flexibility index (Phi) is 3.59. The van der Waals surface area contributed by atoms with Gasteiger partial charge in [0, 0.05) is 13.2 Å². The minimum absolute atomic E-state index is 0.277. The van der Waals surface area contributed by atoms with E-state index in [1.165, 1.54) is 11.1 Å². The number of hydrogen-bond acceptors (Lipinski definition) is 2. The largest absolute Gasteiger partial charge is 0.340 e. The molecule has 0 amide bonds. The minimum atomic E-state index is 0.277. The van der Waals surface area contributed by atoms with Crippen molar-refractivity contribution in [3.63, 3.8) is 0 Å². The lowest BCUT2D eigenvalue weighted by Gasteiger charge is -2.13. The normalized spacial score (nSPS) is 12.6. The second kappa shape index (κ2) is 5.15. The molecule has 0 saturated carbocycles. The molecular formula is C14H19N3. The van der Waals surface area contributed by atoms with Gasteiger partial charge < -0.3 is 9.88 Å². The lowest BCUT2D eigenvalue weighted by Crippen LogP contribution is -2.19. The van der Waals surface area contributed by atoms with E-state index in [0.717, 1.165) is 12.1 Å². The average Bonchev–Trinajstić information content (AvgIpc) is 2.75. The van der Waals surface area contributed by atoms with Gasteiger partial charge in [-0.25, -0.2) is 4.98 Å². The molecule has 1 aromatic carbocycles. The molecule has 1 atom stereocenters. The summed E-state index contributed by atoms with van der Waals surface area (Å²) in [5.74, 6) is 0. The first-order valence-corrected chi connectivity index (χ1v) is 5.89. The SMILES string of the molecule is CNC(Cc1ccc(C)cc1)c1cn(C)cn1. The maximum Gasteiger partial charge on any atom is 0.0947 e. The highest BCUT2D eigenvalue weighted by atomic mass is 15.0. The summed E-state index contributed by atoms with van der Waals surface area (Å²) < 4.78 is 1.98. The Morgan fingerprint density at radius 2 is 2.00 bits per heavy atom. The fourth-order valence-electron chi connectivity index (χ4n) is 1.93. The molecule has 2 rings (SSSR count). The maximum absolute atomic E-state index is 4.40. The zero-order valence-corrected chi connectivity index (χ0v) is 10.6. The van der Waals surface area contributed by atoms with Crippen molar-refractivity contribution in [1.82, 2.24) is 14.9 Å². The predicted molar refractivity (Wildman–Crippen MR) is 69.9 cm³/mol. The van der Waals surface area contributed by atoms with Crippen LogP contribution < -0.4 is 5.32 Å². The molecule has 0 radical (unpaired) electrons. The smallest absolute Gasteiger partial charge is 0.0947 e. The van der Waals surface area contributed by atoms with Crippen molar-refractivity contribution in [2.45, 2.75) is 19.4 Å². The van der Waals surface area contributed by atoms with E-state index >= 15 is 0 Å². The van der Waals surface area contributed by atoms with Gasteiger partial charge in [-0.15, -0.1) is 0 Å². The highest BCUT2D eigenvalue weighted by Crippen LogP contribution is 2.16. The molecule has 0 aliphatic rings. The van der Waals surface area contributed by atoms with E-state index in [2.05, 4.69) is 47.7 Å². The fraction of sp³-hybridized carbons (Fsp3) is 0.357. The second-order valence-corrected chi connectivity index (χ2v) is 4.49. The van der Waals surface area contributed by atoms with Crippen molar-refractivity contribution in [3.8, 4) is 0 Å². The Hall–Kier alpha value is -1.61. The molecule has 1 aromatic heterocycles. The Balaban J connectivity index is 2.12. The molecule has 0 saturated heterocycles. The van der Waals surface area contributed by atoms with Gasteiger partial charge in [-0.1, -0.05) is 29.8 Å². The number of likely N-dealkylation sites (N-methyl/N-ethyl adjacent to an activating group) is 1. The Bertz CT molecular complexity index is 470. The zero-order valence-electron chi connectivity index (χ0n) is 10.6. The number of nitrogens with one attached hydrogen (secondary N) is 1. The summed E-state index contributed by atoms with van der Waals surface area (Å²) >= 11 is 0. The number of aryl methyl sites for hydroxylation is 2. The second-order valence-electron chi connectivity index (χ2n) is 4.49. The van der Waals surface area contributed by atoms with Crippen LogP contribution in [0.4, 0.5) is 0 Å². The van der Waals surface area contributed by atoms with E-state index in [1.807, 2.05) is 25.0 Å². The summed E-state index contributed by atoms with van der Waals surface area (Å²) in [4.78, 5) is 4.40. The van der Waals surface area contributed by atoms with Gasteiger partial charge in [0.05, 0.1) is 18.1 Å². The lowest BCUT2D eigenvalue weighted by molar-refractivity contribution is 0.578. The molecule has 1 heterocycles. The summed E-state index contributed by atoms with van der Waals surface area (Å²) in [7, 11) is 3.97. The molecule has 1 unspecified atom stereocenters. The molecule has 3 heteroatoms. The van der Waals surface area contributed by atoms with Crippen LogP contribution in [0.25, 0.3) is 0 Å². The summed E-state index contributed by atoms with van der Waals surface area (Å²) in [6.45, 7) is 2.11. The molecule has 0 aliphatic heterocycles. The number of hydrogen-bond donors (Lipinski definition) is 1. The quantitative estimate of drug-likeness (QED) is 0.871. The molecule has 3 nitrogen and oxygen atoms in total. The molecule has 0 aliphatic carbocycles. The summed E-state index contributed by atoms with van der Waals surface area (Å²) in [5.41, 5.74) is 3.73. The molecule has 17 heavy (non-hydrogen) atoms. The van der Waals surface area contributed by atoms with Crippen molar-refractivity contribution in [1.29, 1.82) is 0 Å². The zero-order chi connectivity index (χ0) is 12.3. The van der Waals surface area contributed by atoms with Crippen LogP contribution in [-0.4, -0.2) is 16.6 Å². The number of aromatic nitrogens is 2. The first-order chi connectivity index (χ1) is 8.19. The van der Waals surface area contributed by atoms with Crippen molar-refractivity contribution in [2.75, 3.05) is 7.05 Å². The van der Waals surface area contributed by atoms with Crippen molar-refractivity contribution < 1.29 is 0 Å². The molecule has 1 N–H and O–H groups in total. The molecule has 0 spiro atoms. The van der Waals surface area contributed by atoms with Gasteiger partial charge in [0.15, 0.2) is 0 Å². The van der Waals surface area contributed by atoms with Gasteiger partial charge in [-0.3, -0.25) is 0 Å². The molecule has 0 bridgehead atoms. The van der Waals surface area contributed by atoms with Crippen LogP contribution in [0.1, 0.15) is 22.9 Å². The Labute approximate surface area is 103 Å². The van der Waals surface area contributed by atoms with E-state index in [-0.39, 0.29) is 6.04 Å². The van der Waals surface area contributed by atoms with Crippen molar-refractivity contribution in [2.24, 2.45) is 7.05 Å². The number of nitrogens with zero attached hydrogens (tertiary/aromatic N) is 2. The van der Waals surface area contributed by atoms with Crippen molar-refractivity contribution in [3.05, 3.63) is 53.6 Å². The Morgan fingerprint density at radius 3 is 2.53 bits per heavy atom. The van der Waals surface area contributed by atoms with E-state index in [0.29, 0.717) is 0 Å². The van der Waals surface area contributed by atoms with E-state index in [4.69, 9.17) is 0 Å². The summed E-state index contributed by atoms with van der Waals surface area (Å²) in [5, 5.41) is 3.32. The number of benzene rings is 1. The molecule has 90 valence electrons. The standard InChI is InChI=1S/C14H19N3/c1-11-4-6-12(7-5-11)8-13(15-2)14-9-17(3)10-16-14/h4-7,9-10,13,15H,8H2,1-3H3. The van der Waals surface area contributed by atoms with Gasteiger partial charge in [0.25, 0.3) is 0 Å². The summed E-state index contributed by atoms with van der Waals surface area (Å²) in [6, 6.07) is 8.95. The van der Waals surface area contributed by atoms with E-state index < -0.39 is 0 Å². The van der Waals surface area contributed by atoms with E-state index in [9.17, 15) is 0 Å². The van der Waals surface area contributed by atoms with Crippen LogP contribution in [-0.2, 0) is 13.5 Å². The topological polar surface area (TPSA) is 29.9 Å². The van der Waals surface area contributed by atoms with Crippen LogP contribution in [0.2, 0.25) is 0 Å². The van der Waals surface area contributed by atoms with Gasteiger partial charge in [0.2, 0.25) is 0 Å². The van der Waals surface area contributed by atoms with Gasteiger partial charge in [0.1, 0.15) is 0 Å². The maximum atomic E-state index is 4.40. The van der Waals surface area contributed by atoms with Crippen molar-refractivity contribution >= 4 is 0 Å².